The van der Waals surface area contributed by atoms with Crippen LogP contribution in [0.3, 0.4) is 0 Å². The van der Waals surface area contributed by atoms with Crippen molar-refractivity contribution >= 4 is 33.6 Å². The fraction of sp³-hybridized carbons (Fsp3) is 0.673. The molecule has 0 aliphatic carbocycles. The van der Waals surface area contributed by atoms with E-state index in [-0.39, 0.29) is 19.3 Å². The molecule has 18 heteroatoms. The van der Waals surface area contributed by atoms with Gasteiger partial charge in [-0.2, -0.15) is 0 Å². The molecule has 16 nitrogen and oxygen atoms in total. The quantitative estimate of drug-likeness (QED) is 0.0146. The smallest absolute Gasteiger partial charge is 0.463 e. The third kappa shape index (κ3) is 93.2. The molecule has 0 aliphatic heterocycles. The van der Waals surface area contributed by atoms with Crippen LogP contribution in [-0.2, 0) is 55.8 Å². The first-order valence-electron chi connectivity index (χ1n) is 47.1. The Bertz CT molecular complexity index is 2890. The third-order valence-corrected chi connectivity index (χ3v) is 21.5. The van der Waals surface area contributed by atoms with Gasteiger partial charge in [0.2, 0.25) is 0 Å². The van der Waals surface area contributed by atoms with Crippen LogP contribution >= 0.6 is 15.6 Å². The van der Waals surface area contributed by atoms with Crippen LogP contribution in [0.1, 0.15) is 380 Å². The number of hydrogen-bond acceptors (Lipinski definition) is 14. The van der Waals surface area contributed by atoms with E-state index in [9.17, 15) is 43.5 Å². The molecular weight excluding hydrogens is 1530 g/mol. The van der Waals surface area contributed by atoms with Gasteiger partial charge in [0.15, 0.2) is 6.10 Å². The number of phosphoric ester groups is 2. The highest BCUT2D eigenvalue weighted by Crippen LogP contribution is 2.45. The number of carbonyl (C=O) groups is 3. The molecule has 119 heavy (non-hydrogen) atoms. The van der Waals surface area contributed by atoms with E-state index in [4.69, 9.17) is 32.3 Å². The fourth-order valence-electron chi connectivity index (χ4n) is 12.6. The summed E-state index contributed by atoms with van der Waals surface area (Å²) in [6, 6.07) is 0. The summed E-state index contributed by atoms with van der Waals surface area (Å²) < 4.78 is 61.5. The topological polar surface area (TPSA) is 231 Å². The zero-order valence-electron chi connectivity index (χ0n) is 75.0. The molecule has 0 amide bonds. The molecule has 0 fully saturated rings. The van der Waals surface area contributed by atoms with Gasteiger partial charge in [-0.15, -0.1) is 0 Å². The molecule has 0 heterocycles. The molecule has 0 aromatic carbocycles. The Hall–Kier alpha value is -5.35. The van der Waals surface area contributed by atoms with Crippen molar-refractivity contribution in [3.8, 4) is 0 Å². The van der Waals surface area contributed by atoms with Crippen LogP contribution in [0.2, 0.25) is 0 Å². The number of aliphatic hydroxyl groups is 2. The summed E-state index contributed by atoms with van der Waals surface area (Å²) in [5.41, 5.74) is 0. The minimum atomic E-state index is -4.95. The monoisotopic (exact) mass is 1700 g/mol. The summed E-state index contributed by atoms with van der Waals surface area (Å²) in [6.07, 6.45) is 121. The van der Waals surface area contributed by atoms with Crippen LogP contribution < -0.4 is 0 Å². The number of unbranched alkanes of at least 4 members (excludes halogenated alkanes) is 35. The van der Waals surface area contributed by atoms with Crippen molar-refractivity contribution < 1.29 is 75.8 Å². The van der Waals surface area contributed by atoms with E-state index in [0.29, 0.717) is 19.3 Å². The molecule has 0 saturated carbocycles. The first kappa shape index (κ1) is 114. The number of phosphoric acid groups is 2. The van der Waals surface area contributed by atoms with E-state index in [1.807, 2.05) is 0 Å². The molecule has 0 aliphatic rings. The molecule has 4 N–H and O–H groups in total. The van der Waals surface area contributed by atoms with E-state index >= 15 is 0 Å². The van der Waals surface area contributed by atoms with Crippen LogP contribution in [0.5, 0.6) is 0 Å². The van der Waals surface area contributed by atoms with Crippen molar-refractivity contribution in [3.63, 3.8) is 0 Å². The Morgan fingerprint density at radius 2 is 0.420 bits per heavy atom. The highest BCUT2D eigenvalue weighted by atomic mass is 31.2. The van der Waals surface area contributed by atoms with E-state index in [0.717, 1.165) is 199 Å². The Balaban J connectivity index is 4.50. The summed E-state index contributed by atoms with van der Waals surface area (Å²) in [5.74, 6) is -1.58. The largest absolute Gasteiger partial charge is 0.472 e. The number of rotatable bonds is 88. The molecule has 680 valence electrons. The molecule has 5 unspecified atom stereocenters. The first-order chi connectivity index (χ1) is 58.2. The molecule has 0 bridgehead atoms. The summed E-state index contributed by atoms with van der Waals surface area (Å²) in [7, 11) is -9.81. The minimum absolute atomic E-state index is 0.0901. The minimum Gasteiger partial charge on any atom is -0.463 e. The van der Waals surface area contributed by atoms with E-state index in [1.165, 1.54) is 122 Å². The number of aliphatic hydroxyl groups excluding tert-OH is 2. The highest BCUT2D eigenvalue weighted by molar-refractivity contribution is 7.47. The zero-order valence-corrected chi connectivity index (χ0v) is 76.8. The summed E-state index contributed by atoms with van der Waals surface area (Å²) in [5, 5.41) is 20.7. The highest BCUT2D eigenvalue weighted by Gasteiger charge is 2.29. The van der Waals surface area contributed by atoms with Crippen LogP contribution in [-0.4, -0.2) is 95.9 Å². The predicted octanol–water partition coefficient (Wildman–Crippen LogP) is 29.2. The van der Waals surface area contributed by atoms with E-state index < -0.39 is 91.5 Å². The van der Waals surface area contributed by atoms with Crippen molar-refractivity contribution in [2.45, 2.75) is 399 Å². The number of carbonyl (C=O) groups excluding carboxylic acids is 3. The number of ether oxygens (including phenoxy) is 3. The maximum absolute atomic E-state index is 13.0. The van der Waals surface area contributed by atoms with Gasteiger partial charge < -0.3 is 34.2 Å². The molecule has 5 atom stereocenters. The zero-order chi connectivity index (χ0) is 86.5. The van der Waals surface area contributed by atoms with E-state index in [1.54, 1.807) is 0 Å². The first-order valence-corrected chi connectivity index (χ1v) is 50.1. The maximum atomic E-state index is 13.0. The van der Waals surface area contributed by atoms with Gasteiger partial charge in [0.25, 0.3) is 0 Å². The Kier molecular flexibility index (Phi) is 87.7. The lowest BCUT2D eigenvalue weighted by Gasteiger charge is -2.21. The maximum Gasteiger partial charge on any atom is 0.472 e. The number of esters is 3. The summed E-state index contributed by atoms with van der Waals surface area (Å²) >= 11 is 0. The Morgan fingerprint density at radius 3 is 0.664 bits per heavy atom. The predicted molar refractivity (Wildman–Crippen MR) is 500 cm³/mol. The normalized spacial score (nSPS) is 14.6. The Morgan fingerprint density at radius 1 is 0.235 bits per heavy atom. The lowest BCUT2D eigenvalue weighted by atomic mass is 10.0. The SMILES string of the molecule is CC/C=C\C/C=C\C/C=C\C/C=C\C/C=C\C/C=C\CCCCCCCCCCCCCCCCC(=O)OCC(O)COP(=O)(O)OCC(O)COP(=O)(O)OCC(COC(=O)CCCCCCCCCCCCCCCC/C=C\C/C=C\C/C=C\C/C=C\C/C=C\C/C=C\CC)OC(=O)CCCCCCCCC/C=C\C/C=C\C/C=C\CC. The lowest BCUT2D eigenvalue weighted by Crippen LogP contribution is -2.30. The standard InChI is InChI=1S/C101H170O16P2/c1-4-7-10-13-16-19-22-25-28-31-33-35-37-39-41-43-45-47-49-51-53-55-57-59-61-64-66-69-72-75-78-81-84-87-99(104)111-90-96(102)91-113-118(107,108)114-92-97(103)93-115-119(109,110)116-95-98(117-101(106)89-86-83-80-77-74-71-68-63-30-27-24-21-18-15-12-9-6-3)94-112-100(105)88-85-82-79-76-73-70-67-65-62-60-58-56-54-52-50-48-46-44-42-40-38-36-34-32-29-26-23-20-17-14-11-8-5-2/h7-12,16-21,25-30,33-36,39-42,45-48,96-98,102-103H,4-6,13-15,22-24,31-32,37-38,43-44,49-95H2,1-3H3,(H,107,108)(H,109,110)/b10-7-,11-8-,12-9-,19-16-,20-17-,21-18-,28-25-,29-26-,30-27-,35-33-,36-34-,41-39-,42-40-,47-45-,48-46-. The lowest BCUT2D eigenvalue weighted by molar-refractivity contribution is -0.161. The molecule has 0 spiro atoms. The number of hydrogen-bond donors (Lipinski definition) is 4. The van der Waals surface area contributed by atoms with E-state index in [2.05, 4.69) is 203 Å². The third-order valence-electron chi connectivity index (χ3n) is 19.6. The molecular formula is C101H170O16P2. The van der Waals surface area contributed by atoms with Crippen molar-refractivity contribution in [1.82, 2.24) is 0 Å². The van der Waals surface area contributed by atoms with Crippen LogP contribution in [0, 0.1) is 0 Å². The van der Waals surface area contributed by atoms with Gasteiger partial charge in [0.1, 0.15) is 25.4 Å². The fourth-order valence-corrected chi connectivity index (χ4v) is 14.2. The van der Waals surface area contributed by atoms with Crippen LogP contribution in [0.15, 0.2) is 182 Å². The molecule has 0 saturated heterocycles. The van der Waals surface area contributed by atoms with Gasteiger partial charge in [-0.25, -0.2) is 9.13 Å². The van der Waals surface area contributed by atoms with Crippen molar-refractivity contribution in [3.05, 3.63) is 182 Å². The molecule has 0 radical (unpaired) electrons. The van der Waals surface area contributed by atoms with Crippen molar-refractivity contribution in [2.24, 2.45) is 0 Å². The average Bonchev–Trinajstić information content (AvgIpc) is 0.899. The number of allylic oxidation sites excluding steroid dienone is 30. The second kappa shape index (κ2) is 91.8. The second-order valence-corrected chi connectivity index (χ2v) is 33.9. The van der Waals surface area contributed by atoms with Gasteiger partial charge in [0.05, 0.1) is 26.4 Å². The van der Waals surface area contributed by atoms with Gasteiger partial charge in [-0.05, 0) is 154 Å². The van der Waals surface area contributed by atoms with Crippen molar-refractivity contribution in [1.29, 1.82) is 0 Å². The van der Waals surface area contributed by atoms with Gasteiger partial charge in [0, 0.05) is 19.3 Å². The van der Waals surface area contributed by atoms with Gasteiger partial charge in [-0.1, -0.05) is 389 Å². The summed E-state index contributed by atoms with van der Waals surface area (Å²) in [4.78, 5) is 59.0. The van der Waals surface area contributed by atoms with Crippen molar-refractivity contribution in [2.75, 3.05) is 39.6 Å². The van der Waals surface area contributed by atoms with Crippen LogP contribution in [0.4, 0.5) is 0 Å². The second-order valence-electron chi connectivity index (χ2n) is 31.0. The molecule has 0 aromatic heterocycles. The Labute approximate surface area is 725 Å². The average molecular weight is 1700 g/mol. The van der Waals surface area contributed by atoms with Crippen LogP contribution in [0.25, 0.3) is 0 Å². The van der Waals surface area contributed by atoms with Gasteiger partial charge >= 0.3 is 33.6 Å². The summed E-state index contributed by atoms with van der Waals surface area (Å²) in [6.45, 7) is 2.37. The van der Waals surface area contributed by atoms with Gasteiger partial charge in [-0.3, -0.25) is 32.5 Å². The molecule has 0 aromatic rings. The molecule has 0 rings (SSSR count).